The van der Waals surface area contributed by atoms with E-state index < -0.39 is 0 Å². The lowest BCUT2D eigenvalue weighted by Gasteiger charge is -1.84. The molecule has 1 rings (SSSR count). The Bertz CT molecular complexity index is 225. The number of oxazole rings is 1. The fraction of sp³-hybridized carbons (Fsp3) is 0.286. The highest BCUT2D eigenvalue weighted by atomic mass is 16.3. The summed E-state index contributed by atoms with van der Waals surface area (Å²) in [4.78, 5) is 4.04. The van der Waals surface area contributed by atoms with Gasteiger partial charge in [-0.2, -0.15) is 0 Å². The lowest BCUT2D eigenvalue weighted by atomic mass is 10.4. The Morgan fingerprint density at radius 3 is 2.67 bits per heavy atom. The fourth-order valence-electron chi connectivity index (χ4n) is 0.550. The van der Waals surface area contributed by atoms with Crippen LogP contribution in [0.3, 0.4) is 0 Å². The zero-order valence-corrected chi connectivity index (χ0v) is 5.64. The quantitative estimate of drug-likeness (QED) is 0.571. The summed E-state index contributed by atoms with van der Waals surface area (Å²) in [6.07, 6.45) is 1.62. The van der Waals surface area contributed by atoms with Crippen LogP contribution in [-0.4, -0.2) is 4.98 Å². The Hall–Kier alpha value is -1.05. The Kier molecular flexibility index (Phi) is 1.39. The maximum Gasteiger partial charge on any atom is 0.221 e. The van der Waals surface area contributed by atoms with E-state index >= 15 is 0 Å². The van der Waals surface area contributed by atoms with Crippen LogP contribution in [-0.2, 0) is 0 Å². The minimum atomic E-state index is 0.632. The van der Waals surface area contributed by atoms with Gasteiger partial charge >= 0.3 is 0 Å². The third-order valence-corrected chi connectivity index (χ3v) is 0.984. The van der Waals surface area contributed by atoms with Gasteiger partial charge in [-0.1, -0.05) is 6.58 Å². The molecular weight excluding hydrogens is 114 g/mol. The van der Waals surface area contributed by atoms with Crippen molar-refractivity contribution in [2.24, 2.45) is 0 Å². The van der Waals surface area contributed by atoms with Gasteiger partial charge in [-0.25, -0.2) is 4.98 Å². The SMILES string of the molecule is C=C(C)c1nc(C)co1. The summed E-state index contributed by atoms with van der Waals surface area (Å²) >= 11 is 0. The third-order valence-electron chi connectivity index (χ3n) is 0.984. The van der Waals surface area contributed by atoms with Crippen molar-refractivity contribution < 1.29 is 4.42 Å². The number of rotatable bonds is 1. The van der Waals surface area contributed by atoms with Crippen LogP contribution in [0, 0.1) is 6.92 Å². The molecule has 1 aromatic rings. The zero-order valence-electron chi connectivity index (χ0n) is 5.64. The lowest BCUT2D eigenvalue weighted by molar-refractivity contribution is 0.541. The maximum atomic E-state index is 5.02. The number of nitrogens with zero attached hydrogens (tertiary/aromatic N) is 1. The monoisotopic (exact) mass is 123 g/mol. The van der Waals surface area contributed by atoms with E-state index in [-0.39, 0.29) is 0 Å². The van der Waals surface area contributed by atoms with Gasteiger partial charge in [0.1, 0.15) is 6.26 Å². The number of aromatic nitrogens is 1. The van der Waals surface area contributed by atoms with Crippen LogP contribution >= 0.6 is 0 Å². The van der Waals surface area contributed by atoms with Crippen molar-refractivity contribution in [1.29, 1.82) is 0 Å². The Morgan fingerprint density at radius 2 is 2.44 bits per heavy atom. The molecule has 0 spiro atoms. The van der Waals surface area contributed by atoms with Crippen LogP contribution in [0.4, 0.5) is 0 Å². The van der Waals surface area contributed by atoms with E-state index in [1.54, 1.807) is 6.26 Å². The van der Waals surface area contributed by atoms with Crippen molar-refractivity contribution in [3.8, 4) is 0 Å². The van der Waals surface area contributed by atoms with Gasteiger partial charge in [-0.05, 0) is 13.8 Å². The molecule has 0 saturated heterocycles. The molecular formula is C7H9NO. The summed E-state index contributed by atoms with van der Waals surface area (Å²) in [7, 11) is 0. The van der Waals surface area contributed by atoms with Crippen LogP contribution in [0.25, 0.3) is 5.57 Å². The number of hydrogen-bond acceptors (Lipinski definition) is 2. The topological polar surface area (TPSA) is 26.0 Å². The summed E-state index contributed by atoms with van der Waals surface area (Å²) < 4.78 is 5.02. The molecule has 0 bridgehead atoms. The van der Waals surface area contributed by atoms with E-state index in [2.05, 4.69) is 11.6 Å². The van der Waals surface area contributed by atoms with Gasteiger partial charge in [0.25, 0.3) is 0 Å². The molecule has 9 heavy (non-hydrogen) atoms. The molecule has 1 heterocycles. The zero-order chi connectivity index (χ0) is 6.85. The van der Waals surface area contributed by atoms with Crippen LogP contribution in [0.15, 0.2) is 17.3 Å². The molecule has 48 valence electrons. The molecule has 0 atom stereocenters. The molecule has 1 aromatic heterocycles. The van der Waals surface area contributed by atoms with Gasteiger partial charge in [0.2, 0.25) is 5.89 Å². The first-order chi connectivity index (χ1) is 4.20. The van der Waals surface area contributed by atoms with Gasteiger partial charge < -0.3 is 4.42 Å². The summed E-state index contributed by atoms with van der Waals surface area (Å²) in [5, 5.41) is 0. The van der Waals surface area contributed by atoms with Crippen molar-refractivity contribution in [2.45, 2.75) is 13.8 Å². The molecule has 2 heteroatoms. The average molecular weight is 123 g/mol. The van der Waals surface area contributed by atoms with E-state index in [0.29, 0.717) is 5.89 Å². The molecule has 0 unspecified atom stereocenters. The molecule has 0 fully saturated rings. The molecule has 2 nitrogen and oxygen atoms in total. The Labute approximate surface area is 54.2 Å². The molecule has 0 aliphatic rings. The fourth-order valence-corrected chi connectivity index (χ4v) is 0.550. The Morgan fingerprint density at radius 1 is 1.78 bits per heavy atom. The lowest BCUT2D eigenvalue weighted by Crippen LogP contribution is -1.75. The van der Waals surface area contributed by atoms with Gasteiger partial charge in [0, 0.05) is 5.57 Å². The van der Waals surface area contributed by atoms with Crippen molar-refractivity contribution in [3.05, 3.63) is 24.4 Å². The van der Waals surface area contributed by atoms with E-state index in [1.807, 2.05) is 13.8 Å². The first-order valence-corrected chi connectivity index (χ1v) is 2.78. The number of allylic oxidation sites excluding steroid dienone is 1. The van der Waals surface area contributed by atoms with Gasteiger partial charge in [-0.3, -0.25) is 0 Å². The summed E-state index contributed by atoms with van der Waals surface area (Å²) in [6, 6.07) is 0. The van der Waals surface area contributed by atoms with Gasteiger partial charge in [-0.15, -0.1) is 0 Å². The molecule has 0 radical (unpaired) electrons. The molecule has 0 aliphatic heterocycles. The van der Waals surface area contributed by atoms with Crippen LogP contribution in [0.5, 0.6) is 0 Å². The predicted octanol–water partition coefficient (Wildman–Crippen LogP) is 2.02. The van der Waals surface area contributed by atoms with Crippen molar-refractivity contribution in [1.82, 2.24) is 4.98 Å². The second kappa shape index (κ2) is 2.05. The highest BCUT2D eigenvalue weighted by Crippen LogP contribution is 2.08. The normalized spacial score (nSPS) is 9.56. The van der Waals surface area contributed by atoms with Gasteiger partial charge in [0.15, 0.2) is 0 Å². The molecule has 0 N–H and O–H groups in total. The van der Waals surface area contributed by atoms with Crippen molar-refractivity contribution in [3.63, 3.8) is 0 Å². The van der Waals surface area contributed by atoms with E-state index in [4.69, 9.17) is 4.42 Å². The van der Waals surface area contributed by atoms with Gasteiger partial charge in [0.05, 0.1) is 5.69 Å². The third kappa shape index (κ3) is 1.19. The highest BCUT2D eigenvalue weighted by molar-refractivity contribution is 5.52. The standard InChI is InChI=1S/C7H9NO/c1-5(2)7-8-6(3)4-9-7/h4H,1H2,2-3H3. The summed E-state index contributed by atoms with van der Waals surface area (Å²) in [5.74, 6) is 0.632. The molecule has 0 aromatic carbocycles. The first-order valence-electron chi connectivity index (χ1n) is 2.78. The van der Waals surface area contributed by atoms with Crippen molar-refractivity contribution in [2.75, 3.05) is 0 Å². The average Bonchev–Trinajstić information content (AvgIpc) is 2.14. The van der Waals surface area contributed by atoms with E-state index in [0.717, 1.165) is 11.3 Å². The molecule has 0 aliphatic carbocycles. The summed E-state index contributed by atoms with van der Waals surface area (Å²) in [6.45, 7) is 7.43. The van der Waals surface area contributed by atoms with Crippen LogP contribution < -0.4 is 0 Å². The predicted molar refractivity (Wildman–Crippen MR) is 35.9 cm³/mol. The number of hydrogen-bond donors (Lipinski definition) is 0. The van der Waals surface area contributed by atoms with Crippen molar-refractivity contribution >= 4 is 5.57 Å². The minimum Gasteiger partial charge on any atom is -0.445 e. The largest absolute Gasteiger partial charge is 0.445 e. The van der Waals surface area contributed by atoms with E-state index in [1.165, 1.54) is 0 Å². The number of aryl methyl sites for hydroxylation is 1. The smallest absolute Gasteiger partial charge is 0.221 e. The second-order valence-corrected chi connectivity index (χ2v) is 2.07. The maximum absolute atomic E-state index is 5.02. The van der Waals surface area contributed by atoms with Crippen LogP contribution in [0.1, 0.15) is 18.5 Å². The van der Waals surface area contributed by atoms with Crippen LogP contribution in [0.2, 0.25) is 0 Å². The molecule has 0 saturated carbocycles. The Balaban J connectivity index is 2.98. The minimum absolute atomic E-state index is 0.632. The summed E-state index contributed by atoms with van der Waals surface area (Å²) in [5.41, 5.74) is 1.76. The van der Waals surface area contributed by atoms with E-state index in [9.17, 15) is 0 Å². The first kappa shape index (κ1) is 6.08. The highest BCUT2D eigenvalue weighted by Gasteiger charge is 1.97. The molecule has 0 amide bonds. The second-order valence-electron chi connectivity index (χ2n) is 2.07.